The lowest BCUT2D eigenvalue weighted by Crippen LogP contribution is -1.97. The predicted octanol–water partition coefficient (Wildman–Crippen LogP) is 9.18. The minimum atomic E-state index is 0.874. The lowest BCUT2D eigenvalue weighted by molar-refractivity contribution is 0.500. The molecule has 0 saturated heterocycles. The van der Waals surface area contributed by atoms with Crippen molar-refractivity contribution in [2.24, 2.45) is 11.7 Å². The van der Waals surface area contributed by atoms with Gasteiger partial charge in [-0.2, -0.15) is 0 Å². The zero-order valence-electron chi connectivity index (χ0n) is 19.4. The molecule has 0 radical (unpaired) electrons. The summed E-state index contributed by atoms with van der Waals surface area (Å²) in [5.74, 6) is 0.895. The van der Waals surface area contributed by atoms with Crippen molar-refractivity contribution < 1.29 is 0 Å². The molecule has 0 fully saturated rings. The first kappa shape index (κ1) is 27.0. The standard InChI is InChI=1S/C26H55N/c1-26(2)24-22-20-18-16-14-12-10-8-6-4-3-5-7-9-11-13-15-17-19-21-23-25-27/h26H,3-25,27H2,1-2H3. The average molecular weight is 382 g/mol. The molecule has 0 aromatic heterocycles. The Bertz CT molecular complexity index is 249. The van der Waals surface area contributed by atoms with Crippen LogP contribution in [0.3, 0.4) is 0 Å². The zero-order valence-corrected chi connectivity index (χ0v) is 19.4. The van der Waals surface area contributed by atoms with E-state index in [9.17, 15) is 0 Å². The summed E-state index contributed by atoms with van der Waals surface area (Å²) in [5, 5.41) is 0. The summed E-state index contributed by atoms with van der Waals surface area (Å²) in [6.45, 7) is 5.56. The molecule has 1 nitrogen and oxygen atoms in total. The fourth-order valence-corrected chi connectivity index (χ4v) is 4.06. The molecule has 0 aliphatic carbocycles. The fourth-order valence-electron chi connectivity index (χ4n) is 4.06. The van der Waals surface area contributed by atoms with Crippen LogP contribution in [0, 0.1) is 5.92 Å². The van der Waals surface area contributed by atoms with Crippen LogP contribution in [0.2, 0.25) is 0 Å². The Hall–Kier alpha value is -0.0400. The molecule has 0 rings (SSSR count). The monoisotopic (exact) mass is 381 g/mol. The van der Waals surface area contributed by atoms with Gasteiger partial charge in [-0.3, -0.25) is 0 Å². The minimum Gasteiger partial charge on any atom is -0.330 e. The summed E-state index contributed by atoms with van der Waals surface area (Å²) >= 11 is 0. The molecule has 2 N–H and O–H groups in total. The normalized spacial score (nSPS) is 11.6. The fraction of sp³-hybridized carbons (Fsp3) is 1.00. The smallest absolute Gasteiger partial charge is 0.00773 e. The van der Waals surface area contributed by atoms with Gasteiger partial charge in [0, 0.05) is 0 Å². The van der Waals surface area contributed by atoms with Crippen LogP contribution < -0.4 is 5.73 Å². The predicted molar refractivity (Wildman–Crippen MR) is 125 cm³/mol. The van der Waals surface area contributed by atoms with E-state index in [1.165, 1.54) is 141 Å². The number of nitrogens with two attached hydrogens (primary N) is 1. The van der Waals surface area contributed by atoms with Crippen molar-refractivity contribution in [1.82, 2.24) is 0 Å². The Morgan fingerprint density at radius 3 is 0.815 bits per heavy atom. The second kappa shape index (κ2) is 24.0. The molecule has 0 heterocycles. The molecule has 27 heavy (non-hydrogen) atoms. The Morgan fingerprint density at radius 2 is 0.593 bits per heavy atom. The summed E-state index contributed by atoms with van der Waals surface area (Å²) in [6, 6.07) is 0. The number of rotatable bonds is 23. The zero-order chi connectivity index (χ0) is 19.8. The molecule has 0 aromatic carbocycles. The van der Waals surface area contributed by atoms with Gasteiger partial charge in [-0.25, -0.2) is 0 Å². The van der Waals surface area contributed by atoms with E-state index in [1.807, 2.05) is 0 Å². The van der Waals surface area contributed by atoms with E-state index in [0.717, 1.165) is 12.5 Å². The topological polar surface area (TPSA) is 26.0 Å². The van der Waals surface area contributed by atoms with Crippen LogP contribution in [0.15, 0.2) is 0 Å². The van der Waals surface area contributed by atoms with Gasteiger partial charge in [0.25, 0.3) is 0 Å². The summed E-state index contributed by atoms with van der Waals surface area (Å²) in [5.41, 5.74) is 5.52. The third kappa shape index (κ3) is 26.0. The molecular weight excluding hydrogens is 326 g/mol. The molecular formula is C26H55N. The Balaban J connectivity index is 2.97. The maximum absolute atomic E-state index is 5.52. The second-order valence-corrected chi connectivity index (χ2v) is 9.40. The summed E-state index contributed by atoms with van der Waals surface area (Å²) in [4.78, 5) is 0. The molecule has 0 unspecified atom stereocenters. The first-order valence-electron chi connectivity index (χ1n) is 13.0. The number of hydrogen-bond donors (Lipinski definition) is 1. The van der Waals surface area contributed by atoms with Crippen LogP contribution in [0.1, 0.15) is 155 Å². The van der Waals surface area contributed by atoms with Crippen molar-refractivity contribution in [2.45, 2.75) is 155 Å². The van der Waals surface area contributed by atoms with Gasteiger partial charge >= 0.3 is 0 Å². The highest BCUT2D eigenvalue weighted by Gasteiger charge is 1.96. The molecule has 1 heteroatoms. The maximum atomic E-state index is 5.52. The third-order valence-electron chi connectivity index (χ3n) is 5.99. The molecule has 0 spiro atoms. The van der Waals surface area contributed by atoms with Gasteiger partial charge in [0.15, 0.2) is 0 Å². The van der Waals surface area contributed by atoms with Crippen LogP contribution in [-0.4, -0.2) is 6.54 Å². The molecule has 0 bridgehead atoms. The minimum absolute atomic E-state index is 0.874. The van der Waals surface area contributed by atoms with Gasteiger partial charge in [0.2, 0.25) is 0 Å². The van der Waals surface area contributed by atoms with Crippen molar-refractivity contribution in [3.8, 4) is 0 Å². The quantitative estimate of drug-likeness (QED) is 0.175. The van der Waals surface area contributed by atoms with Crippen LogP contribution in [-0.2, 0) is 0 Å². The van der Waals surface area contributed by atoms with Crippen LogP contribution in [0.4, 0.5) is 0 Å². The van der Waals surface area contributed by atoms with Crippen molar-refractivity contribution >= 4 is 0 Å². The Kier molecular flexibility index (Phi) is 24.0. The lowest BCUT2D eigenvalue weighted by Gasteiger charge is -2.05. The van der Waals surface area contributed by atoms with Gasteiger partial charge in [-0.15, -0.1) is 0 Å². The van der Waals surface area contributed by atoms with Crippen molar-refractivity contribution in [1.29, 1.82) is 0 Å². The largest absolute Gasteiger partial charge is 0.330 e. The van der Waals surface area contributed by atoms with Gasteiger partial charge < -0.3 is 5.73 Å². The van der Waals surface area contributed by atoms with Crippen molar-refractivity contribution in [2.75, 3.05) is 6.54 Å². The van der Waals surface area contributed by atoms with Gasteiger partial charge in [0.1, 0.15) is 0 Å². The Morgan fingerprint density at radius 1 is 0.370 bits per heavy atom. The van der Waals surface area contributed by atoms with E-state index in [0.29, 0.717) is 0 Å². The molecule has 0 atom stereocenters. The third-order valence-corrected chi connectivity index (χ3v) is 5.99. The summed E-state index contributed by atoms with van der Waals surface area (Å²) in [7, 11) is 0. The van der Waals surface area contributed by atoms with E-state index in [2.05, 4.69) is 13.8 Å². The maximum Gasteiger partial charge on any atom is -0.00773 e. The van der Waals surface area contributed by atoms with E-state index in [1.54, 1.807) is 0 Å². The highest BCUT2D eigenvalue weighted by molar-refractivity contribution is 4.52. The number of hydrogen-bond acceptors (Lipinski definition) is 1. The van der Waals surface area contributed by atoms with Gasteiger partial charge in [-0.05, 0) is 18.9 Å². The van der Waals surface area contributed by atoms with Crippen molar-refractivity contribution in [3.63, 3.8) is 0 Å². The highest BCUT2D eigenvalue weighted by Crippen LogP contribution is 2.15. The summed E-state index contributed by atoms with van der Waals surface area (Å²) in [6.07, 6.45) is 31.9. The first-order chi connectivity index (χ1) is 13.3. The van der Waals surface area contributed by atoms with Gasteiger partial charge in [0.05, 0.1) is 0 Å². The average Bonchev–Trinajstić information content (AvgIpc) is 2.65. The van der Waals surface area contributed by atoms with E-state index >= 15 is 0 Å². The SMILES string of the molecule is CC(C)CCCCCCCCCCCCCCCCCCCCCCCN. The second-order valence-electron chi connectivity index (χ2n) is 9.40. The first-order valence-corrected chi connectivity index (χ1v) is 13.0. The lowest BCUT2D eigenvalue weighted by atomic mass is 10.0. The van der Waals surface area contributed by atoms with Crippen LogP contribution >= 0.6 is 0 Å². The highest BCUT2D eigenvalue weighted by atomic mass is 14.5. The van der Waals surface area contributed by atoms with Crippen molar-refractivity contribution in [3.05, 3.63) is 0 Å². The number of unbranched alkanes of at least 4 members (excludes halogenated alkanes) is 20. The molecule has 0 aliphatic heterocycles. The molecule has 0 aliphatic rings. The van der Waals surface area contributed by atoms with E-state index < -0.39 is 0 Å². The molecule has 164 valence electrons. The van der Waals surface area contributed by atoms with E-state index in [-0.39, 0.29) is 0 Å². The Labute approximate surface area is 173 Å². The van der Waals surface area contributed by atoms with E-state index in [4.69, 9.17) is 5.73 Å². The molecule has 0 amide bonds. The molecule has 0 aromatic rings. The van der Waals surface area contributed by atoms with Gasteiger partial charge in [-0.1, -0.05) is 149 Å². The summed E-state index contributed by atoms with van der Waals surface area (Å²) < 4.78 is 0. The van der Waals surface area contributed by atoms with Crippen LogP contribution in [0.5, 0.6) is 0 Å². The molecule has 0 saturated carbocycles. The van der Waals surface area contributed by atoms with Crippen LogP contribution in [0.25, 0.3) is 0 Å².